The molecule has 0 radical (unpaired) electrons. The number of carbonyl (C=O) groups excluding carboxylic acids is 1. The Kier molecular flexibility index (Phi) is 3.99. The van der Waals surface area contributed by atoms with Crippen molar-refractivity contribution in [3.05, 3.63) is 72.2 Å². The Hall–Kier alpha value is -3.05. The maximum absolute atomic E-state index is 11.4. The van der Waals surface area contributed by atoms with Crippen LogP contribution in [-0.2, 0) is 9.63 Å². The second-order valence-corrected chi connectivity index (χ2v) is 5.60. The number of fused-ring (bicyclic) bond motifs is 2. The minimum absolute atomic E-state index is 0.283. The molecule has 0 fully saturated rings. The summed E-state index contributed by atoms with van der Waals surface area (Å²) in [4.78, 5) is 16.3. The van der Waals surface area contributed by atoms with Crippen LogP contribution >= 0.6 is 11.6 Å². The summed E-state index contributed by atoms with van der Waals surface area (Å²) in [6.07, 6.45) is 0. The van der Waals surface area contributed by atoms with E-state index in [1.165, 1.54) is 0 Å². The third kappa shape index (κ3) is 3.02. The highest BCUT2D eigenvalue weighted by Crippen LogP contribution is 2.25. The first kappa shape index (κ1) is 15.5. The third-order valence-corrected chi connectivity index (χ3v) is 3.88. The van der Waals surface area contributed by atoms with Gasteiger partial charge in [-0.2, -0.15) is 0 Å². The topological polar surface area (TPSA) is 64.9 Å². The molecule has 4 rings (SSSR count). The van der Waals surface area contributed by atoms with Crippen molar-refractivity contribution in [1.82, 2.24) is 0 Å². The van der Waals surface area contributed by atoms with Crippen molar-refractivity contribution in [2.75, 3.05) is 5.88 Å². The first-order valence-electron chi connectivity index (χ1n) is 7.56. The molecule has 0 saturated heterocycles. The van der Waals surface area contributed by atoms with E-state index in [0.717, 1.165) is 10.8 Å². The molecular formula is C19H12ClNO4. The second kappa shape index (κ2) is 6.45. The molecule has 6 heteroatoms. The van der Waals surface area contributed by atoms with E-state index in [9.17, 15) is 4.79 Å². The molecule has 2 heterocycles. The number of oxime groups is 1. The number of rotatable bonds is 4. The summed E-state index contributed by atoms with van der Waals surface area (Å²) in [7, 11) is 0. The number of alkyl halides is 1. The van der Waals surface area contributed by atoms with Crippen LogP contribution in [0, 0.1) is 0 Å². The smallest absolute Gasteiger partial charge is 0.349 e. The van der Waals surface area contributed by atoms with Gasteiger partial charge in [-0.1, -0.05) is 41.6 Å². The fourth-order valence-corrected chi connectivity index (χ4v) is 2.58. The summed E-state index contributed by atoms with van der Waals surface area (Å²) in [5.41, 5.74) is 1.68. The molecule has 0 N–H and O–H groups in total. The molecule has 0 aliphatic rings. The summed E-state index contributed by atoms with van der Waals surface area (Å²) in [6, 6.07) is 18.7. The highest BCUT2D eigenvalue weighted by atomic mass is 35.5. The van der Waals surface area contributed by atoms with Crippen molar-refractivity contribution < 1.29 is 18.5 Å². The molecule has 0 amide bonds. The van der Waals surface area contributed by atoms with Crippen molar-refractivity contribution in [2.45, 2.75) is 0 Å². The second-order valence-electron chi connectivity index (χ2n) is 5.33. The van der Waals surface area contributed by atoms with Gasteiger partial charge in [0.05, 0.1) is 0 Å². The molecule has 0 atom stereocenters. The molecule has 2 aromatic carbocycles. The zero-order valence-corrected chi connectivity index (χ0v) is 13.7. The number of benzene rings is 2. The van der Waals surface area contributed by atoms with E-state index < -0.39 is 5.97 Å². The number of hydrogen-bond acceptors (Lipinski definition) is 5. The normalized spacial score (nSPS) is 10.9. The largest absolute Gasteiger partial charge is 0.454 e. The third-order valence-electron chi connectivity index (χ3n) is 3.67. The Morgan fingerprint density at radius 2 is 1.44 bits per heavy atom. The monoisotopic (exact) mass is 353 g/mol. The minimum Gasteiger partial charge on any atom is -0.454 e. The standard InChI is InChI=1S/C19H12ClNO4/c20-11-18(22)25-21-19(16-9-12-5-1-3-7-14(12)23-16)17-10-13-6-2-4-8-15(13)24-17/h1-10H,11H2. The van der Waals surface area contributed by atoms with Crippen LogP contribution in [0.5, 0.6) is 0 Å². The summed E-state index contributed by atoms with van der Waals surface area (Å²) in [5.74, 6) is -0.0894. The Balaban J connectivity index is 1.84. The van der Waals surface area contributed by atoms with Crippen LogP contribution in [0.1, 0.15) is 11.5 Å². The Morgan fingerprint density at radius 3 is 1.92 bits per heavy atom. The van der Waals surface area contributed by atoms with Crippen LogP contribution in [-0.4, -0.2) is 17.6 Å². The highest BCUT2D eigenvalue weighted by molar-refractivity contribution is 6.26. The van der Waals surface area contributed by atoms with E-state index in [1.807, 2.05) is 60.7 Å². The van der Waals surface area contributed by atoms with Crippen LogP contribution < -0.4 is 0 Å². The maximum atomic E-state index is 11.4. The van der Waals surface area contributed by atoms with Crippen LogP contribution in [0.3, 0.4) is 0 Å². The summed E-state index contributed by atoms with van der Waals surface area (Å²) < 4.78 is 11.7. The lowest BCUT2D eigenvalue weighted by molar-refractivity contribution is -0.140. The number of hydrogen-bond donors (Lipinski definition) is 0. The molecule has 0 aliphatic carbocycles. The van der Waals surface area contributed by atoms with Crippen LogP contribution in [0.15, 0.2) is 74.7 Å². The van der Waals surface area contributed by atoms with Crippen molar-refractivity contribution >= 4 is 45.2 Å². The average Bonchev–Trinajstić information content (AvgIpc) is 3.25. The van der Waals surface area contributed by atoms with Gasteiger partial charge >= 0.3 is 5.97 Å². The lowest BCUT2D eigenvalue weighted by atomic mass is 10.2. The first-order chi connectivity index (χ1) is 12.2. The molecule has 0 aliphatic heterocycles. The number of halogens is 1. The van der Waals surface area contributed by atoms with Gasteiger partial charge in [0.1, 0.15) is 17.0 Å². The van der Waals surface area contributed by atoms with Gasteiger partial charge in [-0.25, -0.2) is 4.79 Å². The van der Waals surface area contributed by atoms with E-state index in [2.05, 4.69) is 5.16 Å². The molecule has 0 spiro atoms. The molecule has 0 bridgehead atoms. The number of nitrogens with zero attached hydrogens (tertiary/aromatic N) is 1. The van der Waals surface area contributed by atoms with Gasteiger partial charge in [0, 0.05) is 10.8 Å². The van der Waals surface area contributed by atoms with Gasteiger partial charge in [-0.05, 0) is 24.3 Å². The molecule has 2 aromatic heterocycles. The number of para-hydroxylation sites is 2. The quantitative estimate of drug-likeness (QED) is 0.230. The summed E-state index contributed by atoms with van der Waals surface area (Å²) in [6.45, 7) is 0. The van der Waals surface area contributed by atoms with Gasteiger partial charge in [0.15, 0.2) is 17.2 Å². The van der Waals surface area contributed by atoms with Crippen LogP contribution in [0.2, 0.25) is 0 Å². The van der Waals surface area contributed by atoms with E-state index >= 15 is 0 Å². The zero-order chi connectivity index (χ0) is 17.2. The fourth-order valence-electron chi connectivity index (χ4n) is 2.53. The van der Waals surface area contributed by atoms with Gasteiger partial charge < -0.3 is 13.7 Å². The van der Waals surface area contributed by atoms with Crippen LogP contribution in [0.4, 0.5) is 0 Å². The zero-order valence-electron chi connectivity index (χ0n) is 12.9. The molecule has 0 saturated carbocycles. The Bertz CT molecular complexity index is 951. The Labute approximate surface area is 147 Å². The predicted octanol–water partition coefficient (Wildman–Crippen LogP) is 4.71. The Morgan fingerprint density at radius 1 is 0.920 bits per heavy atom. The van der Waals surface area contributed by atoms with Crippen LogP contribution in [0.25, 0.3) is 21.9 Å². The first-order valence-corrected chi connectivity index (χ1v) is 8.10. The van der Waals surface area contributed by atoms with E-state index in [0.29, 0.717) is 22.7 Å². The van der Waals surface area contributed by atoms with Crippen molar-refractivity contribution in [1.29, 1.82) is 0 Å². The van der Waals surface area contributed by atoms with E-state index in [4.69, 9.17) is 25.3 Å². The number of carbonyl (C=O) groups is 1. The SMILES string of the molecule is O=C(CCl)ON=C(c1cc2ccccc2o1)c1cc2ccccc2o1. The lowest BCUT2D eigenvalue weighted by Gasteiger charge is -1.99. The van der Waals surface area contributed by atoms with Crippen molar-refractivity contribution in [2.24, 2.45) is 5.16 Å². The molecule has 25 heavy (non-hydrogen) atoms. The highest BCUT2D eigenvalue weighted by Gasteiger charge is 2.19. The van der Waals surface area contributed by atoms with E-state index in [-0.39, 0.29) is 11.6 Å². The van der Waals surface area contributed by atoms with Crippen molar-refractivity contribution in [3.8, 4) is 0 Å². The van der Waals surface area contributed by atoms with E-state index in [1.54, 1.807) is 0 Å². The minimum atomic E-state index is -0.661. The van der Waals surface area contributed by atoms with Gasteiger partial charge in [-0.3, -0.25) is 0 Å². The van der Waals surface area contributed by atoms with Gasteiger partial charge in [-0.15, -0.1) is 11.6 Å². The predicted molar refractivity (Wildman–Crippen MR) is 94.9 cm³/mol. The van der Waals surface area contributed by atoms with Gasteiger partial charge in [0.2, 0.25) is 0 Å². The fraction of sp³-hybridized carbons (Fsp3) is 0.0526. The molecular weight excluding hydrogens is 342 g/mol. The molecule has 124 valence electrons. The number of furan rings is 2. The average molecular weight is 354 g/mol. The lowest BCUT2D eigenvalue weighted by Crippen LogP contribution is -2.06. The molecule has 4 aromatic rings. The van der Waals surface area contributed by atoms with Gasteiger partial charge in [0.25, 0.3) is 0 Å². The molecule has 0 unspecified atom stereocenters. The maximum Gasteiger partial charge on any atom is 0.349 e. The van der Waals surface area contributed by atoms with Crippen molar-refractivity contribution in [3.63, 3.8) is 0 Å². The molecule has 5 nitrogen and oxygen atoms in total. The summed E-state index contributed by atoms with van der Waals surface area (Å²) in [5, 5.41) is 5.74. The summed E-state index contributed by atoms with van der Waals surface area (Å²) >= 11 is 5.47.